The molecule has 133 valence electrons. The van der Waals surface area contributed by atoms with E-state index in [0.29, 0.717) is 16.9 Å². The summed E-state index contributed by atoms with van der Waals surface area (Å²) in [5.41, 5.74) is 4.92. The molecule has 2 aromatic rings. The fourth-order valence-corrected chi connectivity index (χ4v) is 2.07. The molecule has 3 N–H and O–H groups in total. The third kappa shape index (κ3) is 3.99. The molecule has 7 heteroatoms. The van der Waals surface area contributed by atoms with Crippen LogP contribution in [0, 0.1) is 18.6 Å². The monoisotopic (exact) mass is 347 g/mol. The number of aliphatic hydroxyl groups is 1. The number of nitrogen functional groups attached to an aromatic ring is 1. The lowest BCUT2D eigenvalue weighted by atomic mass is 9.81. The Labute approximate surface area is 147 Å². The van der Waals surface area contributed by atoms with Crippen molar-refractivity contribution in [1.82, 2.24) is 4.98 Å². The van der Waals surface area contributed by atoms with Crippen LogP contribution in [0.25, 0.3) is 11.3 Å². The van der Waals surface area contributed by atoms with Crippen LogP contribution >= 0.6 is 0 Å². The van der Waals surface area contributed by atoms with Crippen LogP contribution in [0.3, 0.4) is 0 Å². The molecular formula is C18H22BF2N2O2. The highest BCUT2D eigenvalue weighted by Crippen LogP contribution is 2.27. The molecule has 2 rings (SSSR count). The molecule has 0 aliphatic heterocycles. The fraction of sp³-hybridized carbons (Fsp3) is 0.389. The van der Waals surface area contributed by atoms with Crippen molar-refractivity contribution in [2.45, 2.75) is 45.8 Å². The zero-order valence-electron chi connectivity index (χ0n) is 15.0. The normalized spacial score (nSPS) is 12.3. The Morgan fingerprint density at radius 1 is 1.16 bits per heavy atom. The Bertz CT molecular complexity index is 789. The largest absolute Gasteiger partial charge is 0.427 e. The maximum Gasteiger partial charge on any atom is 0.334 e. The Kier molecular flexibility index (Phi) is 5.20. The number of nitrogens with two attached hydrogens (primary N) is 1. The van der Waals surface area contributed by atoms with Gasteiger partial charge in [-0.15, -0.1) is 0 Å². The second-order valence-electron chi connectivity index (χ2n) is 7.07. The number of hydrogen-bond acceptors (Lipinski definition) is 4. The van der Waals surface area contributed by atoms with Gasteiger partial charge < -0.3 is 15.5 Å². The minimum Gasteiger partial charge on any atom is -0.427 e. The van der Waals surface area contributed by atoms with E-state index in [1.54, 1.807) is 40.7 Å². The van der Waals surface area contributed by atoms with Gasteiger partial charge in [-0.1, -0.05) is 12.1 Å². The number of nitrogens with zero attached hydrogens (tertiary/aromatic N) is 1. The van der Waals surface area contributed by atoms with Crippen LogP contribution in [0.5, 0.6) is 0 Å². The van der Waals surface area contributed by atoms with E-state index in [2.05, 4.69) is 4.98 Å². The van der Waals surface area contributed by atoms with Crippen LogP contribution in [0.15, 0.2) is 24.4 Å². The molecule has 1 heterocycles. The lowest BCUT2D eigenvalue weighted by molar-refractivity contribution is -0.0893. The Morgan fingerprint density at radius 3 is 2.36 bits per heavy atom. The molecule has 0 saturated heterocycles. The van der Waals surface area contributed by atoms with Crippen molar-refractivity contribution < 1.29 is 18.5 Å². The first-order valence-corrected chi connectivity index (χ1v) is 7.88. The van der Waals surface area contributed by atoms with Crippen molar-refractivity contribution in [2.75, 3.05) is 5.73 Å². The van der Waals surface area contributed by atoms with Crippen molar-refractivity contribution in [1.29, 1.82) is 0 Å². The lowest BCUT2D eigenvalue weighted by Crippen LogP contribution is -2.49. The van der Waals surface area contributed by atoms with Crippen LogP contribution in [-0.2, 0) is 4.65 Å². The number of aromatic nitrogens is 1. The molecule has 0 bridgehead atoms. The second kappa shape index (κ2) is 6.73. The molecule has 0 aliphatic rings. The predicted molar refractivity (Wildman–Crippen MR) is 95.6 cm³/mol. The van der Waals surface area contributed by atoms with Crippen LogP contribution < -0.4 is 11.2 Å². The van der Waals surface area contributed by atoms with Gasteiger partial charge in [0.05, 0.1) is 28.8 Å². The average Bonchev–Trinajstić information content (AvgIpc) is 2.48. The quantitative estimate of drug-likeness (QED) is 0.816. The first-order chi connectivity index (χ1) is 11.4. The van der Waals surface area contributed by atoms with E-state index in [4.69, 9.17) is 10.4 Å². The van der Waals surface area contributed by atoms with E-state index in [1.807, 2.05) is 0 Å². The summed E-state index contributed by atoms with van der Waals surface area (Å²) in [7, 11) is 1.11. The number of halogens is 2. The zero-order chi connectivity index (χ0) is 19.0. The molecule has 0 amide bonds. The third-order valence-electron chi connectivity index (χ3n) is 4.42. The maximum absolute atomic E-state index is 14.5. The summed E-state index contributed by atoms with van der Waals surface area (Å²) in [6.07, 6.45) is 1.40. The minimum absolute atomic E-state index is 0.0494. The molecule has 1 radical (unpaired) electrons. The van der Waals surface area contributed by atoms with Gasteiger partial charge in [-0.3, -0.25) is 4.98 Å². The summed E-state index contributed by atoms with van der Waals surface area (Å²) < 4.78 is 34.4. The Morgan fingerprint density at radius 2 is 1.80 bits per heavy atom. The average molecular weight is 347 g/mol. The summed E-state index contributed by atoms with van der Waals surface area (Å²) in [6, 6.07) is 4.50. The number of hydrogen-bond donors (Lipinski definition) is 2. The Hall–Kier alpha value is -1.99. The molecule has 0 saturated carbocycles. The van der Waals surface area contributed by atoms with E-state index in [-0.39, 0.29) is 11.0 Å². The van der Waals surface area contributed by atoms with E-state index in [9.17, 15) is 13.9 Å². The van der Waals surface area contributed by atoms with E-state index < -0.39 is 22.8 Å². The fourth-order valence-electron chi connectivity index (χ4n) is 2.07. The maximum atomic E-state index is 14.5. The first-order valence-electron chi connectivity index (χ1n) is 7.88. The molecule has 0 unspecified atom stereocenters. The van der Waals surface area contributed by atoms with E-state index >= 15 is 0 Å². The van der Waals surface area contributed by atoms with Gasteiger partial charge in [0.25, 0.3) is 0 Å². The highest BCUT2D eigenvalue weighted by atomic mass is 19.2. The van der Waals surface area contributed by atoms with Crippen molar-refractivity contribution in [3.8, 4) is 11.3 Å². The van der Waals surface area contributed by atoms with E-state index in [0.717, 1.165) is 7.48 Å². The zero-order valence-corrected chi connectivity index (χ0v) is 15.0. The van der Waals surface area contributed by atoms with Crippen LogP contribution in [0.4, 0.5) is 14.5 Å². The number of rotatable bonds is 5. The van der Waals surface area contributed by atoms with Crippen molar-refractivity contribution in [3.05, 3.63) is 41.6 Å². The van der Waals surface area contributed by atoms with Gasteiger partial charge in [-0.2, -0.15) is 0 Å². The number of aryl methyl sites for hydroxylation is 1. The summed E-state index contributed by atoms with van der Waals surface area (Å²) in [5, 5.41) is 10.1. The lowest BCUT2D eigenvalue weighted by Gasteiger charge is -2.37. The summed E-state index contributed by atoms with van der Waals surface area (Å²) in [5.74, 6) is -2.05. The van der Waals surface area contributed by atoms with Crippen molar-refractivity contribution in [2.24, 2.45) is 0 Å². The standard InChI is InChI=1S/C18H22BF2N2O2/c1-10-8-11(22)9-23-16(10)12-6-7-13(15(21)14(12)20)19-25-18(4,5)17(2,3)24/h6-9,24H,22H2,1-5H3. The summed E-state index contributed by atoms with van der Waals surface area (Å²) >= 11 is 0. The molecule has 0 atom stereocenters. The van der Waals surface area contributed by atoms with E-state index in [1.165, 1.54) is 18.3 Å². The molecule has 4 nitrogen and oxygen atoms in total. The molecular weight excluding hydrogens is 325 g/mol. The molecule has 1 aromatic heterocycles. The van der Waals surface area contributed by atoms with Gasteiger partial charge in [0.1, 0.15) is 0 Å². The number of pyridine rings is 1. The minimum atomic E-state index is -1.16. The van der Waals surface area contributed by atoms with Gasteiger partial charge in [-0.25, -0.2) is 8.78 Å². The number of benzene rings is 1. The van der Waals surface area contributed by atoms with Gasteiger partial charge in [-0.05, 0) is 51.7 Å². The number of anilines is 1. The highest BCUT2D eigenvalue weighted by molar-refractivity contribution is 6.47. The predicted octanol–water partition coefficient (Wildman–Crippen LogP) is 2.73. The molecule has 0 aliphatic carbocycles. The smallest absolute Gasteiger partial charge is 0.334 e. The summed E-state index contributed by atoms with van der Waals surface area (Å²) in [6.45, 7) is 8.21. The SMILES string of the molecule is Cc1cc(N)cnc1-c1ccc([B]OC(C)(C)C(C)(C)O)c(F)c1F. The molecule has 0 fully saturated rings. The third-order valence-corrected chi connectivity index (χ3v) is 4.42. The summed E-state index contributed by atoms with van der Waals surface area (Å²) in [4.78, 5) is 4.09. The van der Waals surface area contributed by atoms with Gasteiger partial charge in [0.2, 0.25) is 0 Å². The Balaban J connectivity index is 2.32. The molecule has 1 aromatic carbocycles. The second-order valence-corrected chi connectivity index (χ2v) is 7.07. The molecule has 25 heavy (non-hydrogen) atoms. The van der Waals surface area contributed by atoms with Crippen LogP contribution in [-0.4, -0.2) is 28.8 Å². The van der Waals surface area contributed by atoms with Gasteiger partial charge in [0.15, 0.2) is 11.6 Å². The van der Waals surface area contributed by atoms with Crippen molar-refractivity contribution >= 4 is 18.6 Å². The topological polar surface area (TPSA) is 68.4 Å². The van der Waals surface area contributed by atoms with Crippen LogP contribution in [0.2, 0.25) is 0 Å². The first kappa shape index (κ1) is 19.3. The van der Waals surface area contributed by atoms with Gasteiger partial charge in [0, 0.05) is 5.56 Å². The van der Waals surface area contributed by atoms with Crippen molar-refractivity contribution in [3.63, 3.8) is 0 Å². The molecule has 0 spiro atoms. The van der Waals surface area contributed by atoms with Gasteiger partial charge >= 0.3 is 7.48 Å². The van der Waals surface area contributed by atoms with Crippen LogP contribution in [0.1, 0.15) is 33.3 Å². The highest BCUT2D eigenvalue weighted by Gasteiger charge is 2.36.